The van der Waals surface area contributed by atoms with Gasteiger partial charge < -0.3 is 24.8 Å². The first-order valence-corrected chi connectivity index (χ1v) is 9.65. The Balaban J connectivity index is 1.61. The molecule has 0 aromatic heterocycles. The lowest BCUT2D eigenvalue weighted by Gasteiger charge is -2.34. The summed E-state index contributed by atoms with van der Waals surface area (Å²) in [5, 5.41) is 12.2. The number of aliphatic carboxylic acids is 1. The summed E-state index contributed by atoms with van der Waals surface area (Å²) in [6.07, 6.45) is 3.90. The molecule has 2 saturated heterocycles. The van der Waals surface area contributed by atoms with E-state index in [2.05, 4.69) is 5.32 Å². The van der Waals surface area contributed by atoms with Crippen LogP contribution in [-0.2, 0) is 9.53 Å². The number of hydrogen-bond donors (Lipinski definition) is 2. The molecule has 2 N–H and O–H groups in total. The monoisotopic (exact) mass is 376 g/mol. The molecule has 0 radical (unpaired) electrons. The van der Waals surface area contributed by atoms with Crippen LogP contribution in [0, 0.1) is 11.8 Å². The third kappa shape index (κ3) is 5.35. The average Bonchev–Trinajstić information content (AvgIpc) is 2.67. The van der Waals surface area contributed by atoms with Crippen molar-refractivity contribution in [1.29, 1.82) is 0 Å². The average molecular weight is 376 g/mol. The number of hydrogen-bond acceptors (Lipinski definition) is 4. The second-order valence-corrected chi connectivity index (χ2v) is 7.51. The zero-order valence-electron chi connectivity index (χ0n) is 15.7. The molecule has 2 aliphatic heterocycles. The third-order valence-electron chi connectivity index (χ3n) is 5.12. The van der Waals surface area contributed by atoms with E-state index < -0.39 is 11.9 Å². The zero-order chi connectivity index (χ0) is 19.2. The number of nitrogens with one attached hydrogen (secondary N) is 1. The van der Waals surface area contributed by atoms with Crippen LogP contribution in [0.4, 0.5) is 10.5 Å². The first-order valence-electron chi connectivity index (χ1n) is 9.65. The molecule has 7 nitrogen and oxygen atoms in total. The Hall–Kier alpha value is -2.28. The summed E-state index contributed by atoms with van der Waals surface area (Å²) in [5.41, 5.74) is 0.586. The summed E-state index contributed by atoms with van der Waals surface area (Å²) in [4.78, 5) is 25.6. The molecule has 2 aliphatic rings. The van der Waals surface area contributed by atoms with Gasteiger partial charge in [0.1, 0.15) is 12.4 Å². The summed E-state index contributed by atoms with van der Waals surface area (Å²) in [5.74, 6) is -0.620. The van der Waals surface area contributed by atoms with Gasteiger partial charge in [-0.15, -0.1) is 0 Å². The number of para-hydroxylation sites is 2. The second kappa shape index (κ2) is 9.08. The van der Waals surface area contributed by atoms with Crippen molar-refractivity contribution in [2.75, 3.05) is 31.6 Å². The molecule has 2 heterocycles. The Bertz CT molecular complexity index is 660. The molecule has 0 saturated carbocycles. The number of carboxylic acids is 1. The molecular weight excluding hydrogens is 348 g/mol. The Morgan fingerprint density at radius 2 is 2.11 bits per heavy atom. The Morgan fingerprint density at radius 1 is 1.30 bits per heavy atom. The van der Waals surface area contributed by atoms with E-state index in [1.54, 1.807) is 11.0 Å². The van der Waals surface area contributed by atoms with Crippen molar-refractivity contribution in [3.63, 3.8) is 0 Å². The van der Waals surface area contributed by atoms with Crippen LogP contribution in [0.5, 0.6) is 5.75 Å². The Morgan fingerprint density at radius 3 is 2.85 bits per heavy atom. The predicted molar refractivity (Wildman–Crippen MR) is 101 cm³/mol. The molecule has 1 aromatic carbocycles. The van der Waals surface area contributed by atoms with Gasteiger partial charge in [-0.25, -0.2) is 4.79 Å². The van der Waals surface area contributed by atoms with E-state index in [0.29, 0.717) is 31.0 Å². The largest absolute Gasteiger partial charge is 0.489 e. The van der Waals surface area contributed by atoms with E-state index in [9.17, 15) is 14.7 Å². The van der Waals surface area contributed by atoms with Gasteiger partial charge in [0.05, 0.1) is 17.7 Å². The van der Waals surface area contributed by atoms with Crippen molar-refractivity contribution in [3.8, 4) is 5.75 Å². The van der Waals surface area contributed by atoms with Crippen LogP contribution in [0.3, 0.4) is 0 Å². The highest BCUT2D eigenvalue weighted by Gasteiger charge is 2.32. The summed E-state index contributed by atoms with van der Waals surface area (Å²) < 4.78 is 11.6. The minimum absolute atomic E-state index is 0.0850. The number of rotatable bonds is 5. The number of carboxylic acid groups (broad SMARTS) is 1. The molecule has 27 heavy (non-hydrogen) atoms. The number of benzene rings is 1. The van der Waals surface area contributed by atoms with Crippen LogP contribution in [0.15, 0.2) is 24.3 Å². The SMILES string of the molecule is CC1CC(C(=O)O)CN(C(=O)Nc2ccccc2OCC2CCCCO2)C1. The number of nitrogens with zero attached hydrogens (tertiary/aromatic N) is 1. The first kappa shape index (κ1) is 19.5. The molecule has 0 aliphatic carbocycles. The topological polar surface area (TPSA) is 88.1 Å². The summed E-state index contributed by atoms with van der Waals surface area (Å²) in [6, 6.07) is 7.00. The molecule has 3 unspecified atom stereocenters. The molecule has 0 spiro atoms. The molecule has 7 heteroatoms. The number of piperidine rings is 1. The van der Waals surface area contributed by atoms with Crippen molar-refractivity contribution in [2.45, 2.75) is 38.7 Å². The van der Waals surface area contributed by atoms with Crippen molar-refractivity contribution < 1.29 is 24.2 Å². The van der Waals surface area contributed by atoms with Gasteiger partial charge in [0, 0.05) is 19.7 Å². The van der Waals surface area contributed by atoms with Gasteiger partial charge in [-0.1, -0.05) is 19.1 Å². The number of amides is 2. The standard InChI is InChI=1S/C20H28N2O5/c1-14-10-15(19(23)24)12-22(11-14)20(25)21-17-7-2-3-8-18(17)27-13-16-6-4-5-9-26-16/h2-3,7-8,14-16H,4-6,9-13H2,1H3,(H,21,25)(H,23,24). The van der Waals surface area contributed by atoms with Gasteiger partial charge in [-0.05, 0) is 43.7 Å². The molecule has 3 atom stereocenters. The molecule has 148 valence electrons. The van der Waals surface area contributed by atoms with E-state index in [1.807, 2.05) is 25.1 Å². The van der Waals surface area contributed by atoms with Gasteiger partial charge in [0.25, 0.3) is 0 Å². The number of carbonyl (C=O) groups is 2. The van der Waals surface area contributed by atoms with E-state index in [-0.39, 0.29) is 24.6 Å². The fourth-order valence-electron chi connectivity index (χ4n) is 3.71. The lowest BCUT2D eigenvalue weighted by atomic mass is 9.91. The van der Waals surface area contributed by atoms with Crippen molar-refractivity contribution in [2.24, 2.45) is 11.8 Å². The highest BCUT2D eigenvalue weighted by molar-refractivity contribution is 5.91. The zero-order valence-corrected chi connectivity index (χ0v) is 15.7. The van der Waals surface area contributed by atoms with Gasteiger partial charge in [-0.2, -0.15) is 0 Å². The van der Waals surface area contributed by atoms with Crippen molar-refractivity contribution >= 4 is 17.7 Å². The highest BCUT2D eigenvalue weighted by Crippen LogP contribution is 2.27. The predicted octanol–water partition coefficient (Wildman–Crippen LogP) is 3.21. The van der Waals surface area contributed by atoms with Crippen molar-refractivity contribution in [1.82, 2.24) is 4.90 Å². The van der Waals surface area contributed by atoms with E-state index in [0.717, 1.165) is 25.9 Å². The van der Waals surface area contributed by atoms with Crippen LogP contribution in [0.2, 0.25) is 0 Å². The van der Waals surface area contributed by atoms with Crippen LogP contribution >= 0.6 is 0 Å². The third-order valence-corrected chi connectivity index (χ3v) is 5.12. The number of urea groups is 1. The molecular formula is C20H28N2O5. The Labute approximate surface area is 159 Å². The van der Waals surface area contributed by atoms with Crippen LogP contribution in [0.1, 0.15) is 32.6 Å². The number of likely N-dealkylation sites (tertiary alicyclic amines) is 1. The fourth-order valence-corrected chi connectivity index (χ4v) is 3.71. The summed E-state index contributed by atoms with van der Waals surface area (Å²) >= 11 is 0. The smallest absolute Gasteiger partial charge is 0.321 e. The number of carbonyl (C=O) groups excluding carboxylic acids is 1. The molecule has 2 amide bonds. The minimum atomic E-state index is -0.851. The summed E-state index contributed by atoms with van der Waals surface area (Å²) in [6.45, 7) is 3.97. The van der Waals surface area contributed by atoms with Gasteiger partial charge in [0.15, 0.2) is 0 Å². The first-order chi connectivity index (χ1) is 13.0. The van der Waals surface area contributed by atoms with Gasteiger partial charge in [-0.3, -0.25) is 4.79 Å². The van der Waals surface area contributed by atoms with Crippen molar-refractivity contribution in [3.05, 3.63) is 24.3 Å². The minimum Gasteiger partial charge on any atom is -0.489 e. The maximum atomic E-state index is 12.7. The van der Waals surface area contributed by atoms with Crippen LogP contribution in [-0.4, -0.2) is 54.4 Å². The lowest BCUT2D eigenvalue weighted by Crippen LogP contribution is -2.47. The second-order valence-electron chi connectivity index (χ2n) is 7.51. The molecule has 1 aromatic rings. The molecule has 3 rings (SSSR count). The van der Waals surface area contributed by atoms with E-state index in [1.165, 1.54) is 0 Å². The number of anilines is 1. The van der Waals surface area contributed by atoms with E-state index >= 15 is 0 Å². The van der Waals surface area contributed by atoms with Crippen LogP contribution < -0.4 is 10.1 Å². The van der Waals surface area contributed by atoms with Gasteiger partial charge in [0.2, 0.25) is 0 Å². The lowest BCUT2D eigenvalue weighted by molar-refractivity contribution is -0.143. The molecule has 0 bridgehead atoms. The normalized spacial score (nSPS) is 25.7. The highest BCUT2D eigenvalue weighted by atomic mass is 16.5. The van der Waals surface area contributed by atoms with Crippen LogP contribution in [0.25, 0.3) is 0 Å². The van der Waals surface area contributed by atoms with E-state index in [4.69, 9.17) is 9.47 Å². The maximum absolute atomic E-state index is 12.7. The van der Waals surface area contributed by atoms with Gasteiger partial charge >= 0.3 is 12.0 Å². The maximum Gasteiger partial charge on any atom is 0.321 e. The Kier molecular flexibility index (Phi) is 6.55. The fraction of sp³-hybridized carbons (Fsp3) is 0.600. The summed E-state index contributed by atoms with van der Waals surface area (Å²) in [7, 11) is 0. The molecule has 2 fully saturated rings. The number of ether oxygens (including phenoxy) is 2. The quantitative estimate of drug-likeness (QED) is 0.824.